The number of halogens is 1. The van der Waals surface area contributed by atoms with Gasteiger partial charge in [-0.15, -0.1) is 0 Å². The summed E-state index contributed by atoms with van der Waals surface area (Å²) in [6.07, 6.45) is -0.877. The fourth-order valence-corrected chi connectivity index (χ4v) is 3.98. The zero-order chi connectivity index (χ0) is 21.6. The molecule has 9 heteroatoms. The predicted molar refractivity (Wildman–Crippen MR) is 117 cm³/mol. The molecule has 7 nitrogen and oxygen atoms in total. The summed E-state index contributed by atoms with van der Waals surface area (Å²) in [7, 11) is 0. The second-order valence-electron chi connectivity index (χ2n) is 7.17. The third kappa shape index (κ3) is 5.45. The molecule has 1 atom stereocenters. The van der Waals surface area contributed by atoms with Crippen LogP contribution in [-0.2, 0) is 4.74 Å². The predicted octanol–water partition coefficient (Wildman–Crippen LogP) is 3.07. The molecule has 4 rings (SSSR count). The van der Waals surface area contributed by atoms with Crippen LogP contribution in [0.15, 0.2) is 53.2 Å². The van der Waals surface area contributed by atoms with E-state index in [4.69, 9.17) is 4.74 Å². The van der Waals surface area contributed by atoms with Gasteiger partial charge in [0, 0.05) is 30.6 Å². The summed E-state index contributed by atoms with van der Waals surface area (Å²) in [5, 5.41) is 14.4. The van der Waals surface area contributed by atoms with Crippen molar-refractivity contribution in [2.75, 3.05) is 38.3 Å². The van der Waals surface area contributed by atoms with E-state index in [0.717, 1.165) is 13.1 Å². The second-order valence-corrected chi connectivity index (χ2v) is 7.95. The highest BCUT2D eigenvalue weighted by molar-refractivity contribution is 7.08. The van der Waals surface area contributed by atoms with Crippen molar-refractivity contribution >= 4 is 23.1 Å². The molecule has 162 valence electrons. The van der Waals surface area contributed by atoms with E-state index in [1.165, 1.54) is 17.4 Å². The highest BCUT2D eigenvalue weighted by Gasteiger charge is 2.19. The van der Waals surface area contributed by atoms with Crippen molar-refractivity contribution in [3.05, 3.63) is 70.3 Å². The van der Waals surface area contributed by atoms with E-state index in [0.29, 0.717) is 48.0 Å². The molecule has 2 aromatic heterocycles. The van der Waals surface area contributed by atoms with Crippen LogP contribution in [0.25, 0.3) is 11.1 Å². The minimum absolute atomic E-state index is 0.306. The maximum absolute atomic E-state index is 14.4. The Morgan fingerprint density at radius 1 is 1.26 bits per heavy atom. The van der Waals surface area contributed by atoms with Gasteiger partial charge in [-0.25, -0.2) is 9.37 Å². The van der Waals surface area contributed by atoms with Gasteiger partial charge in [-0.3, -0.25) is 20.5 Å². The smallest absolute Gasteiger partial charge is 0.270 e. The number of hydrogen-bond donors (Lipinski definition) is 3. The average molecular weight is 443 g/mol. The maximum atomic E-state index is 14.4. The number of anilines is 1. The third-order valence-electron chi connectivity index (χ3n) is 4.99. The van der Waals surface area contributed by atoms with Crippen LogP contribution in [0.5, 0.6) is 0 Å². The van der Waals surface area contributed by atoms with E-state index in [1.54, 1.807) is 41.8 Å². The number of aromatic nitrogens is 1. The van der Waals surface area contributed by atoms with Crippen molar-refractivity contribution in [2.45, 2.75) is 6.10 Å². The standard InChI is InChI=1S/C22H23FN4O3S/c23-18-4-2-1-3-17(18)16-11-19(20(28)13-27-6-8-30-9-7-27)24-21(12-16)25-26-22(29)15-5-10-31-14-15/h1-5,10-12,14,20,28H,6-9,13H2,(H,24,25)(H,26,29). The first-order valence-corrected chi connectivity index (χ1v) is 10.9. The van der Waals surface area contributed by atoms with Crippen LogP contribution in [0.4, 0.5) is 10.2 Å². The maximum Gasteiger partial charge on any atom is 0.270 e. The number of rotatable bonds is 7. The summed E-state index contributed by atoms with van der Waals surface area (Å²) < 4.78 is 19.8. The number of amides is 1. The van der Waals surface area contributed by atoms with Crippen molar-refractivity contribution in [1.82, 2.24) is 15.3 Å². The molecular weight excluding hydrogens is 419 g/mol. The number of nitrogens with one attached hydrogen (secondary N) is 2. The van der Waals surface area contributed by atoms with Crippen molar-refractivity contribution in [2.24, 2.45) is 0 Å². The van der Waals surface area contributed by atoms with Gasteiger partial charge in [0.05, 0.1) is 24.5 Å². The number of ether oxygens (including phenoxy) is 1. The van der Waals surface area contributed by atoms with Gasteiger partial charge in [0.1, 0.15) is 17.7 Å². The molecule has 1 aliphatic heterocycles. The fourth-order valence-electron chi connectivity index (χ4n) is 3.35. The van der Waals surface area contributed by atoms with Crippen LogP contribution in [0.2, 0.25) is 0 Å². The Morgan fingerprint density at radius 2 is 2.06 bits per heavy atom. The number of hydrazine groups is 1. The van der Waals surface area contributed by atoms with Crippen LogP contribution in [0.3, 0.4) is 0 Å². The van der Waals surface area contributed by atoms with E-state index < -0.39 is 6.10 Å². The number of hydrogen-bond acceptors (Lipinski definition) is 7. The lowest BCUT2D eigenvalue weighted by Gasteiger charge is -2.28. The quantitative estimate of drug-likeness (QED) is 0.488. The summed E-state index contributed by atoms with van der Waals surface area (Å²) >= 11 is 1.42. The van der Waals surface area contributed by atoms with Crippen LogP contribution in [0.1, 0.15) is 22.2 Å². The SMILES string of the molecule is O=C(NNc1cc(-c2ccccc2F)cc(C(O)CN2CCOCC2)n1)c1ccsc1. The molecule has 0 bridgehead atoms. The topological polar surface area (TPSA) is 86.7 Å². The minimum atomic E-state index is -0.877. The Hall–Kier alpha value is -2.85. The van der Waals surface area contributed by atoms with Gasteiger partial charge < -0.3 is 9.84 Å². The van der Waals surface area contributed by atoms with E-state index in [1.807, 2.05) is 5.38 Å². The molecule has 1 amide bonds. The number of aliphatic hydroxyl groups is 1. The van der Waals surface area contributed by atoms with E-state index in [9.17, 15) is 14.3 Å². The van der Waals surface area contributed by atoms with Gasteiger partial charge >= 0.3 is 0 Å². The Balaban J connectivity index is 1.58. The molecular formula is C22H23FN4O3S. The van der Waals surface area contributed by atoms with Gasteiger partial charge in [-0.05, 0) is 35.2 Å². The summed E-state index contributed by atoms with van der Waals surface area (Å²) in [5.74, 6) is -0.384. The van der Waals surface area contributed by atoms with Gasteiger partial charge in [0.15, 0.2) is 0 Å². The molecule has 0 radical (unpaired) electrons. The number of benzene rings is 1. The molecule has 3 aromatic rings. The third-order valence-corrected chi connectivity index (χ3v) is 5.68. The van der Waals surface area contributed by atoms with Gasteiger partial charge in [0.2, 0.25) is 0 Å². The van der Waals surface area contributed by atoms with Gasteiger partial charge in [0.25, 0.3) is 5.91 Å². The highest BCUT2D eigenvalue weighted by Crippen LogP contribution is 2.27. The number of pyridine rings is 1. The zero-order valence-electron chi connectivity index (χ0n) is 16.8. The summed E-state index contributed by atoms with van der Waals surface area (Å²) in [6, 6.07) is 11.4. The first-order valence-electron chi connectivity index (χ1n) is 9.94. The van der Waals surface area contributed by atoms with Crippen molar-refractivity contribution in [3.63, 3.8) is 0 Å². The lowest BCUT2D eigenvalue weighted by atomic mass is 10.0. The van der Waals surface area contributed by atoms with E-state index in [-0.39, 0.29) is 11.7 Å². The Bertz CT molecular complexity index is 1030. The lowest BCUT2D eigenvalue weighted by molar-refractivity contribution is 0.0136. The number of thiophene rings is 1. The molecule has 0 spiro atoms. The monoisotopic (exact) mass is 442 g/mol. The number of morpholine rings is 1. The Labute approximate surface area is 183 Å². The fraction of sp³-hybridized carbons (Fsp3) is 0.273. The van der Waals surface area contributed by atoms with Crippen molar-refractivity contribution in [1.29, 1.82) is 0 Å². The average Bonchev–Trinajstić information content (AvgIpc) is 3.33. The second kappa shape index (κ2) is 9.97. The van der Waals surface area contributed by atoms with E-state index in [2.05, 4.69) is 20.7 Å². The first kappa shape index (κ1) is 21.4. The van der Waals surface area contributed by atoms with Crippen molar-refractivity contribution < 1.29 is 19.0 Å². The number of carbonyl (C=O) groups is 1. The first-order chi connectivity index (χ1) is 15.1. The van der Waals surface area contributed by atoms with Crippen LogP contribution in [-0.4, -0.2) is 53.7 Å². The number of nitrogens with zero attached hydrogens (tertiary/aromatic N) is 2. The molecule has 0 saturated carbocycles. The van der Waals surface area contributed by atoms with E-state index >= 15 is 0 Å². The number of carbonyl (C=O) groups excluding carboxylic acids is 1. The molecule has 1 aromatic carbocycles. The highest BCUT2D eigenvalue weighted by atomic mass is 32.1. The normalized spacial score (nSPS) is 15.4. The van der Waals surface area contributed by atoms with Gasteiger partial charge in [-0.2, -0.15) is 11.3 Å². The zero-order valence-corrected chi connectivity index (χ0v) is 17.6. The molecule has 1 unspecified atom stereocenters. The molecule has 3 heterocycles. The van der Waals surface area contributed by atoms with Crippen LogP contribution >= 0.6 is 11.3 Å². The molecule has 1 fully saturated rings. The lowest BCUT2D eigenvalue weighted by Crippen LogP contribution is -2.39. The van der Waals surface area contributed by atoms with Crippen LogP contribution < -0.4 is 10.9 Å². The van der Waals surface area contributed by atoms with Crippen LogP contribution in [0, 0.1) is 5.82 Å². The number of aliphatic hydroxyl groups excluding tert-OH is 1. The summed E-state index contributed by atoms with van der Waals surface area (Å²) in [5.41, 5.74) is 7.23. The molecule has 1 saturated heterocycles. The molecule has 0 aliphatic carbocycles. The minimum Gasteiger partial charge on any atom is -0.385 e. The summed E-state index contributed by atoms with van der Waals surface area (Å²) in [6.45, 7) is 3.09. The molecule has 3 N–H and O–H groups in total. The summed E-state index contributed by atoms with van der Waals surface area (Å²) in [4.78, 5) is 18.8. The largest absolute Gasteiger partial charge is 0.385 e. The number of β-amino-alcohol motifs (C(OH)–C–C–N with tert-alkyl or cyclic N) is 1. The molecule has 1 aliphatic rings. The Kier molecular flexibility index (Phi) is 6.88. The van der Waals surface area contributed by atoms with Crippen molar-refractivity contribution in [3.8, 4) is 11.1 Å². The Morgan fingerprint density at radius 3 is 2.81 bits per heavy atom. The molecule has 31 heavy (non-hydrogen) atoms. The van der Waals surface area contributed by atoms with Gasteiger partial charge in [-0.1, -0.05) is 18.2 Å².